The molecular formula is C19H19ClN4O. The number of aryl methyl sites for hydroxylation is 2. The van der Waals surface area contributed by atoms with Crippen LogP contribution in [0.25, 0.3) is 26.9 Å². The Morgan fingerprint density at radius 3 is 2.76 bits per heavy atom. The Morgan fingerprint density at radius 2 is 2.08 bits per heavy atom. The number of aliphatic hydroxyl groups excluding tert-OH is 1. The van der Waals surface area contributed by atoms with Crippen molar-refractivity contribution in [2.45, 2.75) is 26.8 Å². The van der Waals surface area contributed by atoms with Crippen molar-refractivity contribution in [1.82, 2.24) is 9.55 Å². The van der Waals surface area contributed by atoms with Gasteiger partial charge >= 0.3 is 0 Å². The Morgan fingerprint density at radius 1 is 1.32 bits per heavy atom. The molecule has 2 aromatic heterocycles. The maximum atomic E-state index is 9.23. The van der Waals surface area contributed by atoms with Gasteiger partial charge in [-0.05, 0) is 43.4 Å². The summed E-state index contributed by atoms with van der Waals surface area (Å²) in [7, 11) is 0. The largest absolute Gasteiger partial charge is 0.396 e. The number of nitrogens with two attached hydrogens (primary N) is 1. The molecular weight excluding hydrogens is 336 g/mol. The molecule has 0 aliphatic rings. The van der Waals surface area contributed by atoms with Crippen LogP contribution in [0.15, 0.2) is 24.5 Å². The summed E-state index contributed by atoms with van der Waals surface area (Å²) >= 11 is 6.44. The number of aromatic nitrogens is 2. The molecule has 6 heteroatoms. The molecule has 3 rings (SSSR count). The number of benzene rings is 1. The fourth-order valence-corrected chi connectivity index (χ4v) is 3.42. The zero-order chi connectivity index (χ0) is 18.1. The third-order valence-electron chi connectivity index (χ3n) is 4.48. The van der Waals surface area contributed by atoms with Gasteiger partial charge in [0.25, 0.3) is 0 Å². The van der Waals surface area contributed by atoms with E-state index in [1.54, 1.807) is 6.20 Å². The number of hydrogen-bond acceptors (Lipinski definition) is 3. The lowest BCUT2D eigenvalue weighted by Crippen LogP contribution is -2.02. The molecule has 0 atom stereocenters. The molecule has 0 amide bonds. The molecule has 0 saturated heterocycles. The molecule has 1 aromatic carbocycles. The van der Waals surface area contributed by atoms with Gasteiger partial charge in [-0.25, -0.2) is 4.85 Å². The lowest BCUT2D eigenvalue weighted by atomic mass is 10.0. The quantitative estimate of drug-likeness (QED) is 0.678. The smallest absolute Gasteiger partial charge is 0.190 e. The lowest BCUT2D eigenvalue weighted by molar-refractivity contribution is 0.280. The molecule has 2 heterocycles. The van der Waals surface area contributed by atoms with Crippen molar-refractivity contribution in [3.8, 4) is 11.1 Å². The van der Waals surface area contributed by atoms with Gasteiger partial charge in [-0.3, -0.25) is 4.98 Å². The van der Waals surface area contributed by atoms with E-state index >= 15 is 0 Å². The molecule has 0 bridgehead atoms. The van der Waals surface area contributed by atoms with E-state index in [2.05, 4.69) is 14.4 Å². The zero-order valence-electron chi connectivity index (χ0n) is 14.2. The molecule has 0 aliphatic carbocycles. The normalized spacial score (nSPS) is 11.0. The average molecular weight is 355 g/mol. The minimum absolute atomic E-state index is 0.119. The molecule has 0 saturated carbocycles. The first-order chi connectivity index (χ1) is 12.0. The Bertz CT molecular complexity index is 1000. The van der Waals surface area contributed by atoms with Gasteiger partial charge < -0.3 is 15.4 Å². The molecule has 3 aromatic rings. The van der Waals surface area contributed by atoms with Gasteiger partial charge in [-0.1, -0.05) is 11.6 Å². The summed E-state index contributed by atoms with van der Waals surface area (Å²) in [6.07, 6.45) is 3.88. The highest BCUT2D eigenvalue weighted by Crippen LogP contribution is 2.41. The highest BCUT2D eigenvalue weighted by atomic mass is 35.5. The summed E-state index contributed by atoms with van der Waals surface area (Å²) in [6.45, 7) is 12.2. The third kappa shape index (κ3) is 2.84. The van der Waals surface area contributed by atoms with Gasteiger partial charge in [0.05, 0.1) is 23.5 Å². The van der Waals surface area contributed by atoms with Crippen LogP contribution in [0.3, 0.4) is 0 Å². The Labute approximate surface area is 151 Å². The van der Waals surface area contributed by atoms with Crippen LogP contribution in [0.4, 0.5) is 11.4 Å². The van der Waals surface area contributed by atoms with Gasteiger partial charge in [0.15, 0.2) is 5.69 Å². The van der Waals surface area contributed by atoms with Crippen molar-refractivity contribution in [3.05, 3.63) is 52.2 Å². The van der Waals surface area contributed by atoms with Crippen molar-refractivity contribution in [2.24, 2.45) is 0 Å². The van der Waals surface area contributed by atoms with Crippen LogP contribution in [-0.4, -0.2) is 21.3 Å². The summed E-state index contributed by atoms with van der Waals surface area (Å²) in [4.78, 5) is 7.81. The number of hydrogen-bond donors (Lipinski definition) is 2. The summed E-state index contributed by atoms with van der Waals surface area (Å²) in [6, 6.07) is 3.92. The van der Waals surface area contributed by atoms with E-state index in [1.165, 1.54) is 6.20 Å². The maximum absolute atomic E-state index is 9.23. The Kier molecular flexibility index (Phi) is 4.67. The van der Waals surface area contributed by atoms with Crippen molar-refractivity contribution >= 4 is 33.9 Å². The summed E-state index contributed by atoms with van der Waals surface area (Å²) < 4.78 is 2.15. The molecule has 5 nitrogen and oxygen atoms in total. The van der Waals surface area contributed by atoms with Crippen LogP contribution in [-0.2, 0) is 6.54 Å². The minimum Gasteiger partial charge on any atom is -0.396 e. The van der Waals surface area contributed by atoms with Crippen molar-refractivity contribution in [1.29, 1.82) is 0 Å². The first-order valence-corrected chi connectivity index (χ1v) is 8.38. The SMILES string of the molecule is [C-]#[N+]c1cc2c(-c3cncc(N)c3Cl)c(C)n(CCCO)c2cc1C. The highest BCUT2D eigenvalue weighted by molar-refractivity contribution is 6.36. The Hall–Kier alpha value is -2.55. The number of fused-ring (bicyclic) bond motifs is 1. The van der Waals surface area contributed by atoms with E-state index in [4.69, 9.17) is 23.9 Å². The van der Waals surface area contributed by atoms with Gasteiger partial charge in [-0.2, -0.15) is 0 Å². The van der Waals surface area contributed by atoms with E-state index in [1.807, 2.05) is 26.0 Å². The van der Waals surface area contributed by atoms with E-state index in [0.717, 1.165) is 33.3 Å². The topological polar surface area (TPSA) is 68.4 Å². The van der Waals surface area contributed by atoms with Crippen LogP contribution in [0.2, 0.25) is 5.02 Å². The molecule has 0 spiro atoms. The fourth-order valence-electron chi connectivity index (χ4n) is 3.23. The van der Waals surface area contributed by atoms with Crippen molar-refractivity contribution in [3.63, 3.8) is 0 Å². The number of anilines is 1. The van der Waals surface area contributed by atoms with Gasteiger partial charge in [-0.15, -0.1) is 0 Å². The molecule has 0 unspecified atom stereocenters. The lowest BCUT2D eigenvalue weighted by Gasteiger charge is -2.09. The van der Waals surface area contributed by atoms with E-state index < -0.39 is 0 Å². The average Bonchev–Trinajstić information content (AvgIpc) is 2.85. The molecule has 128 valence electrons. The van der Waals surface area contributed by atoms with Crippen LogP contribution in [0.5, 0.6) is 0 Å². The van der Waals surface area contributed by atoms with Gasteiger partial charge in [0.2, 0.25) is 0 Å². The molecule has 25 heavy (non-hydrogen) atoms. The molecule has 0 radical (unpaired) electrons. The van der Waals surface area contributed by atoms with E-state index in [-0.39, 0.29) is 6.61 Å². The second-order valence-electron chi connectivity index (χ2n) is 6.05. The van der Waals surface area contributed by atoms with Crippen molar-refractivity contribution < 1.29 is 5.11 Å². The molecule has 3 N–H and O–H groups in total. The van der Waals surface area contributed by atoms with Crippen LogP contribution >= 0.6 is 11.6 Å². The monoisotopic (exact) mass is 354 g/mol. The first kappa shape index (κ1) is 17.3. The third-order valence-corrected chi connectivity index (χ3v) is 4.90. The second kappa shape index (κ2) is 6.75. The number of nitrogen functional groups attached to an aromatic ring is 1. The number of aliphatic hydroxyl groups is 1. The van der Waals surface area contributed by atoms with Gasteiger partial charge in [0.1, 0.15) is 0 Å². The fraction of sp³-hybridized carbons (Fsp3) is 0.263. The zero-order valence-corrected chi connectivity index (χ0v) is 14.9. The molecule has 0 aliphatic heterocycles. The number of rotatable bonds is 4. The second-order valence-corrected chi connectivity index (χ2v) is 6.43. The molecule has 0 fully saturated rings. The number of halogens is 1. The summed E-state index contributed by atoms with van der Waals surface area (Å²) in [5.74, 6) is 0. The summed E-state index contributed by atoms with van der Waals surface area (Å²) in [5, 5.41) is 10.6. The highest BCUT2D eigenvalue weighted by Gasteiger charge is 2.20. The predicted molar refractivity (Wildman–Crippen MR) is 102 cm³/mol. The van der Waals surface area contributed by atoms with Crippen LogP contribution in [0.1, 0.15) is 17.7 Å². The standard InChI is InChI=1S/C19H19ClN4O/c1-11-7-17-13(8-16(11)22-3)18(12(2)24(17)5-4-6-25)14-9-23-10-15(21)19(14)20/h7-10,25H,4-6,21H2,1-2H3. The van der Waals surface area contributed by atoms with E-state index in [0.29, 0.717) is 29.4 Å². The maximum Gasteiger partial charge on any atom is 0.190 e. The first-order valence-electron chi connectivity index (χ1n) is 8.00. The minimum atomic E-state index is 0.119. The van der Waals surface area contributed by atoms with E-state index in [9.17, 15) is 5.11 Å². The predicted octanol–water partition coefficient (Wildman–Crippen LogP) is 4.49. The Balaban J connectivity index is 2.39. The van der Waals surface area contributed by atoms with Crippen LogP contribution in [0, 0.1) is 20.4 Å². The van der Waals surface area contributed by atoms with Gasteiger partial charge in [0, 0.05) is 41.7 Å². The van der Waals surface area contributed by atoms with Crippen molar-refractivity contribution in [2.75, 3.05) is 12.3 Å². The number of pyridine rings is 1. The summed E-state index contributed by atoms with van der Waals surface area (Å²) in [5.41, 5.74) is 11.6. The number of nitrogens with zero attached hydrogens (tertiary/aromatic N) is 3. The van der Waals surface area contributed by atoms with Crippen LogP contribution < -0.4 is 5.73 Å².